The van der Waals surface area contributed by atoms with Gasteiger partial charge >= 0.3 is 0 Å². The van der Waals surface area contributed by atoms with Gasteiger partial charge in [-0.2, -0.15) is 0 Å². The Balaban J connectivity index is 1.62. The summed E-state index contributed by atoms with van der Waals surface area (Å²) in [5.74, 6) is 1.18. The van der Waals surface area contributed by atoms with Gasteiger partial charge in [0.25, 0.3) is 5.91 Å². The first kappa shape index (κ1) is 14.9. The molecule has 0 atom stereocenters. The SMILES string of the molecule is COc1cccc(OCC(=O)NCCCn2ccnc2)c1. The van der Waals surface area contributed by atoms with Crippen LogP contribution in [0.2, 0.25) is 0 Å². The molecule has 0 saturated carbocycles. The molecule has 1 amide bonds. The summed E-state index contributed by atoms with van der Waals surface area (Å²) < 4.78 is 12.5. The summed E-state index contributed by atoms with van der Waals surface area (Å²) in [6, 6.07) is 7.17. The first-order chi connectivity index (χ1) is 10.3. The summed E-state index contributed by atoms with van der Waals surface area (Å²) in [5.41, 5.74) is 0. The summed E-state index contributed by atoms with van der Waals surface area (Å²) in [5, 5.41) is 2.82. The van der Waals surface area contributed by atoms with E-state index in [0.29, 0.717) is 18.0 Å². The second-order valence-electron chi connectivity index (χ2n) is 4.47. The van der Waals surface area contributed by atoms with E-state index >= 15 is 0 Å². The molecule has 6 nitrogen and oxygen atoms in total. The monoisotopic (exact) mass is 289 g/mol. The zero-order valence-electron chi connectivity index (χ0n) is 12.0. The molecule has 21 heavy (non-hydrogen) atoms. The third kappa shape index (κ3) is 5.18. The van der Waals surface area contributed by atoms with Crippen molar-refractivity contribution in [2.24, 2.45) is 0 Å². The van der Waals surface area contributed by atoms with Crippen LogP contribution in [0.1, 0.15) is 6.42 Å². The van der Waals surface area contributed by atoms with E-state index in [-0.39, 0.29) is 12.5 Å². The maximum Gasteiger partial charge on any atom is 0.257 e. The fraction of sp³-hybridized carbons (Fsp3) is 0.333. The molecule has 1 aromatic heterocycles. The van der Waals surface area contributed by atoms with Crippen LogP contribution >= 0.6 is 0 Å². The predicted octanol–water partition coefficient (Wildman–Crippen LogP) is 1.48. The van der Waals surface area contributed by atoms with E-state index in [1.54, 1.807) is 31.8 Å². The Morgan fingerprint density at radius 1 is 1.38 bits per heavy atom. The molecule has 0 radical (unpaired) electrons. The minimum atomic E-state index is -0.136. The number of carbonyl (C=O) groups is 1. The van der Waals surface area contributed by atoms with Crippen molar-refractivity contribution in [1.29, 1.82) is 0 Å². The molecule has 2 aromatic rings. The van der Waals surface area contributed by atoms with E-state index in [9.17, 15) is 4.79 Å². The average Bonchev–Trinajstić information content (AvgIpc) is 3.03. The van der Waals surface area contributed by atoms with Crippen LogP contribution in [0.3, 0.4) is 0 Å². The Bertz CT molecular complexity index is 555. The van der Waals surface area contributed by atoms with Crippen molar-refractivity contribution in [3.63, 3.8) is 0 Å². The van der Waals surface area contributed by atoms with Crippen LogP contribution in [0.5, 0.6) is 11.5 Å². The van der Waals surface area contributed by atoms with Gasteiger partial charge in [-0.05, 0) is 18.6 Å². The number of carbonyl (C=O) groups excluding carboxylic acids is 1. The number of amides is 1. The van der Waals surface area contributed by atoms with Crippen molar-refractivity contribution < 1.29 is 14.3 Å². The van der Waals surface area contributed by atoms with Gasteiger partial charge in [0, 0.05) is 31.5 Å². The largest absolute Gasteiger partial charge is 0.497 e. The molecule has 0 unspecified atom stereocenters. The maximum absolute atomic E-state index is 11.6. The lowest BCUT2D eigenvalue weighted by molar-refractivity contribution is -0.123. The average molecular weight is 289 g/mol. The van der Waals surface area contributed by atoms with Crippen molar-refractivity contribution in [1.82, 2.24) is 14.9 Å². The van der Waals surface area contributed by atoms with Gasteiger partial charge in [0.2, 0.25) is 0 Å². The zero-order chi connectivity index (χ0) is 14.9. The van der Waals surface area contributed by atoms with Crippen molar-refractivity contribution >= 4 is 5.91 Å². The number of benzene rings is 1. The molecule has 1 heterocycles. The van der Waals surface area contributed by atoms with E-state index in [0.717, 1.165) is 13.0 Å². The Hall–Kier alpha value is -2.50. The fourth-order valence-corrected chi connectivity index (χ4v) is 1.80. The lowest BCUT2D eigenvalue weighted by atomic mass is 10.3. The Labute approximate surface area is 123 Å². The summed E-state index contributed by atoms with van der Waals surface area (Å²) >= 11 is 0. The highest BCUT2D eigenvalue weighted by Gasteiger charge is 2.03. The van der Waals surface area contributed by atoms with E-state index in [2.05, 4.69) is 10.3 Å². The number of nitrogens with one attached hydrogen (secondary N) is 1. The highest BCUT2D eigenvalue weighted by Crippen LogP contribution is 2.18. The van der Waals surface area contributed by atoms with Gasteiger partial charge in [0.05, 0.1) is 13.4 Å². The molecule has 1 aromatic carbocycles. The molecule has 0 bridgehead atoms. The quantitative estimate of drug-likeness (QED) is 0.748. The fourth-order valence-electron chi connectivity index (χ4n) is 1.80. The van der Waals surface area contributed by atoms with Gasteiger partial charge < -0.3 is 19.4 Å². The minimum absolute atomic E-state index is 0.00174. The highest BCUT2D eigenvalue weighted by atomic mass is 16.5. The van der Waals surface area contributed by atoms with Crippen LogP contribution in [-0.4, -0.2) is 35.7 Å². The summed E-state index contributed by atoms with van der Waals surface area (Å²) in [6.45, 7) is 1.44. The van der Waals surface area contributed by atoms with Crippen LogP contribution < -0.4 is 14.8 Å². The Kier molecular flexibility index (Phi) is 5.63. The molecular formula is C15H19N3O3. The van der Waals surface area contributed by atoms with Crippen LogP contribution in [0.25, 0.3) is 0 Å². The molecule has 112 valence electrons. The smallest absolute Gasteiger partial charge is 0.257 e. The number of aromatic nitrogens is 2. The van der Waals surface area contributed by atoms with Crippen molar-refractivity contribution in [2.75, 3.05) is 20.3 Å². The van der Waals surface area contributed by atoms with Crippen LogP contribution in [0.15, 0.2) is 43.0 Å². The number of hydrogen-bond donors (Lipinski definition) is 1. The molecule has 0 spiro atoms. The second-order valence-corrected chi connectivity index (χ2v) is 4.47. The van der Waals surface area contributed by atoms with E-state index in [1.165, 1.54) is 0 Å². The van der Waals surface area contributed by atoms with Gasteiger partial charge in [-0.1, -0.05) is 6.07 Å². The number of nitrogens with zero attached hydrogens (tertiary/aromatic N) is 2. The molecule has 0 aliphatic rings. The van der Waals surface area contributed by atoms with Crippen molar-refractivity contribution in [3.8, 4) is 11.5 Å². The van der Waals surface area contributed by atoms with Crippen molar-refractivity contribution in [2.45, 2.75) is 13.0 Å². The Morgan fingerprint density at radius 2 is 2.24 bits per heavy atom. The lowest BCUT2D eigenvalue weighted by Gasteiger charge is -2.08. The second kappa shape index (κ2) is 7.94. The number of rotatable bonds is 8. The number of methoxy groups -OCH3 is 1. The highest BCUT2D eigenvalue weighted by molar-refractivity contribution is 5.77. The molecule has 0 saturated heterocycles. The molecule has 0 aliphatic heterocycles. The minimum Gasteiger partial charge on any atom is -0.497 e. The van der Waals surface area contributed by atoms with E-state index < -0.39 is 0 Å². The third-order valence-corrected chi connectivity index (χ3v) is 2.89. The first-order valence-corrected chi connectivity index (χ1v) is 6.77. The van der Waals surface area contributed by atoms with Gasteiger partial charge in [-0.25, -0.2) is 4.98 Å². The molecule has 0 fully saturated rings. The predicted molar refractivity (Wildman–Crippen MR) is 78.3 cm³/mol. The zero-order valence-corrected chi connectivity index (χ0v) is 12.0. The van der Waals surface area contributed by atoms with Gasteiger partial charge in [-0.15, -0.1) is 0 Å². The summed E-state index contributed by atoms with van der Waals surface area (Å²) in [6.07, 6.45) is 6.24. The first-order valence-electron chi connectivity index (χ1n) is 6.77. The Morgan fingerprint density at radius 3 is 3.00 bits per heavy atom. The summed E-state index contributed by atoms with van der Waals surface area (Å²) in [7, 11) is 1.59. The molecule has 1 N–H and O–H groups in total. The van der Waals surface area contributed by atoms with Crippen LogP contribution in [0, 0.1) is 0 Å². The maximum atomic E-state index is 11.6. The summed E-state index contributed by atoms with van der Waals surface area (Å²) in [4.78, 5) is 15.6. The number of aryl methyl sites for hydroxylation is 1. The van der Waals surface area contributed by atoms with Gasteiger partial charge in [0.15, 0.2) is 6.61 Å². The van der Waals surface area contributed by atoms with E-state index in [4.69, 9.17) is 9.47 Å². The van der Waals surface area contributed by atoms with Crippen LogP contribution in [-0.2, 0) is 11.3 Å². The standard InChI is InChI=1S/C15H19N3O3/c1-20-13-4-2-5-14(10-13)21-11-15(19)17-6-3-8-18-9-7-16-12-18/h2,4-5,7,9-10,12H,3,6,8,11H2,1H3,(H,17,19). The molecule has 6 heteroatoms. The molecule has 0 aliphatic carbocycles. The van der Waals surface area contributed by atoms with Crippen molar-refractivity contribution in [3.05, 3.63) is 43.0 Å². The third-order valence-electron chi connectivity index (χ3n) is 2.89. The van der Waals surface area contributed by atoms with Gasteiger partial charge in [-0.3, -0.25) is 4.79 Å². The topological polar surface area (TPSA) is 65.4 Å². The van der Waals surface area contributed by atoms with Crippen LogP contribution in [0.4, 0.5) is 0 Å². The number of imidazole rings is 1. The number of ether oxygens (including phenoxy) is 2. The molecular weight excluding hydrogens is 270 g/mol. The normalized spacial score (nSPS) is 10.1. The van der Waals surface area contributed by atoms with E-state index in [1.807, 2.05) is 22.9 Å². The molecule has 2 rings (SSSR count). The number of hydrogen-bond acceptors (Lipinski definition) is 4. The lowest BCUT2D eigenvalue weighted by Crippen LogP contribution is -2.30. The van der Waals surface area contributed by atoms with Gasteiger partial charge in [0.1, 0.15) is 11.5 Å².